The molecule has 2 atom stereocenters. The first kappa shape index (κ1) is 9.71. The molecule has 1 aliphatic carbocycles. The number of H-pyrrole nitrogens is 1. The quantitative estimate of drug-likeness (QED) is 0.717. The first-order chi connectivity index (χ1) is 6.44. The topological polar surface area (TPSA) is 54.7 Å². The second-order valence-corrected chi connectivity index (χ2v) is 5.42. The molecule has 2 rings (SSSR count). The summed E-state index contributed by atoms with van der Waals surface area (Å²) in [5.74, 6) is 1.43. The van der Waals surface area contributed by atoms with Crippen molar-refractivity contribution in [2.24, 2.45) is 17.1 Å². The third kappa shape index (κ3) is 1.36. The largest absolute Gasteiger partial charge is 0.347 e. The van der Waals surface area contributed by atoms with E-state index in [1.54, 1.807) is 6.20 Å². The van der Waals surface area contributed by atoms with Crippen LogP contribution in [0.1, 0.15) is 39.4 Å². The monoisotopic (exact) mass is 193 g/mol. The fourth-order valence-corrected chi connectivity index (χ4v) is 2.89. The van der Waals surface area contributed by atoms with Gasteiger partial charge < -0.3 is 10.7 Å². The average Bonchev–Trinajstić information content (AvgIpc) is 2.58. The minimum Gasteiger partial charge on any atom is -0.347 e. The summed E-state index contributed by atoms with van der Waals surface area (Å²) in [5, 5.41) is 0. The number of rotatable bonds is 1. The average molecular weight is 193 g/mol. The van der Waals surface area contributed by atoms with Crippen molar-refractivity contribution in [3.63, 3.8) is 0 Å². The number of aromatic amines is 1. The number of nitrogens with zero attached hydrogens (tertiary/aromatic N) is 1. The summed E-state index contributed by atoms with van der Waals surface area (Å²) >= 11 is 0. The Morgan fingerprint density at radius 2 is 2.29 bits per heavy atom. The molecule has 1 saturated carbocycles. The highest BCUT2D eigenvalue weighted by Gasteiger charge is 2.48. The lowest BCUT2D eigenvalue weighted by Crippen LogP contribution is -2.40. The number of imidazole rings is 1. The molecule has 0 aromatic carbocycles. The van der Waals surface area contributed by atoms with E-state index < -0.39 is 0 Å². The molecule has 3 heteroatoms. The first-order valence-electron chi connectivity index (χ1n) is 5.23. The maximum Gasteiger partial charge on any atom is 0.126 e. The third-order valence-electron chi connectivity index (χ3n) is 3.45. The van der Waals surface area contributed by atoms with E-state index in [-0.39, 0.29) is 5.54 Å². The fraction of sp³-hybridized carbons (Fsp3) is 0.727. The summed E-state index contributed by atoms with van der Waals surface area (Å²) < 4.78 is 0. The molecule has 14 heavy (non-hydrogen) atoms. The van der Waals surface area contributed by atoms with E-state index in [9.17, 15) is 0 Å². The van der Waals surface area contributed by atoms with Crippen LogP contribution in [0.15, 0.2) is 12.4 Å². The van der Waals surface area contributed by atoms with Gasteiger partial charge in [-0.15, -0.1) is 0 Å². The molecular weight excluding hydrogens is 174 g/mol. The SMILES string of the molecule is C[C@@H]1CC(C)(C)C[C@]1(N)c1ncc[nH]1. The summed E-state index contributed by atoms with van der Waals surface area (Å²) in [6.45, 7) is 6.78. The summed E-state index contributed by atoms with van der Waals surface area (Å²) in [7, 11) is 0. The normalized spacial score (nSPS) is 36.1. The zero-order valence-electron chi connectivity index (χ0n) is 9.17. The molecule has 1 heterocycles. The van der Waals surface area contributed by atoms with Crippen molar-refractivity contribution < 1.29 is 0 Å². The van der Waals surface area contributed by atoms with E-state index >= 15 is 0 Å². The zero-order chi connectivity index (χ0) is 10.4. The van der Waals surface area contributed by atoms with Crippen molar-refractivity contribution in [2.75, 3.05) is 0 Å². The molecule has 0 amide bonds. The Bertz CT molecular complexity index is 315. The van der Waals surface area contributed by atoms with Gasteiger partial charge in [0, 0.05) is 12.4 Å². The number of hydrogen-bond acceptors (Lipinski definition) is 2. The molecule has 0 radical (unpaired) electrons. The molecule has 0 spiro atoms. The number of hydrogen-bond donors (Lipinski definition) is 2. The lowest BCUT2D eigenvalue weighted by atomic mass is 9.87. The fourth-order valence-electron chi connectivity index (χ4n) is 2.89. The van der Waals surface area contributed by atoms with Crippen LogP contribution in [0.3, 0.4) is 0 Å². The van der Waals surface area contributed by atoms with Gasteiger partial charge in [-0.1, -0.05) is 20.8 Å². The van der Waals surface area contributed by atoms with Gasteiger partial charge >= 0.3 is 0 Å². The second kappa shape index (κ2) is 2.83. The highest BCUT2D eigenvalue weighted by Crippen LogP contribution is 2.50. The smallest absolute Gasteiger partial charge is 0.126 e. The second-order valence-electron chi connectivity index (χ2n) is 5.42. The van der Waals surface area contributed by atoms with Crippen LogP contribution in [0.25, 0.3) is 0 Å². The summed E-state index contributed by atoms with van der Waals surface area (Å²) in [5.41, 5.74) is 6.53. The van der Waals surface area contributed by atoms with E-state index in [0.29, 0.717) is 11.3 Å². The molecular formula is C11H19N3. The summed E-state index contributed by atoms with van der Waals surface area (Å²) in [6.07, 6.45) is 5.81. The van der Waals surface area contributed by atoms with Crippen molar-refractivity contribution in [1.29, 1.82) is 0 Å². The summed E-state index contributed by atoms with van der Waals surface area (Å²) in [6, 6.07) is 0. The van der Waals surface area contributed by atoms with Crippen molar-refractivity contribution in [3.05, 3.63) is 18.2 Å². The lowest BCUT2D eigenvalue weighted by Gasteiger charge is -2.27. The van der Waals surface area contributed by atoms with E-state index in [0.717, 1.165) is 12.2 Å². The van der Waals surface area contributed by atoms with E-state index in [4.69, 9.17) is 5.73 Å². The molecule has 1 aliphatic rings. The highest BCUT2D eigenvalue weighted by atomic mass is 15.0. The minimum absolute atomic E-state index is 0.257. The molecule has 1 aromatic heterocycles. The van der Waals surface area contributed by atoms with Crippen LogP contribution in [0, 0.1) is 11.3 Å². The van der Waals surface area contributed by atoms with Gasteiger partial charge in [-0.25, -0.2) is 4.98 Å². The molecule has 0 unspecified atom stereocenters. The Balaban J connectivity index is 2.34. The minimum atomic E-state index is -0.257. The van der Waals surface area contributed by atoms with Gasteiger partial charge in [0.05, 0.1) is 5.54 Å². The maximum atomic E-state index is 6.45. The van der Waals surface area contributed by atoms with Gasteiger partial charge in [-0.3, -0.25) is 0 Å². The van der Waals surface area contributed by atoms with Crippen LogP contribution < -0.4 is 5.73 Å². The molecule has 0 saturated heterocycles. The standard InChI is InChI=1S/C11H19N3/c1-8-6-10(2,3)7-11(8,12)9-13-4-5-14-9/h4-5,8H,6-7,12H2,1-3H3,(H,13,14)/t8-,11-/m1/s1. The Kier molecular flexibility index (Phi) is 1.96. The Hall–Kier alpha value is -0.830. The summed E-state index contributed by atoms with van der Waals surface area (Å²) in [4.78, 5) is 7.46. The van der Waals surface area contributed by atoms with E-state index in [1.165, 1.54) is 6.42 Å². The lowest BCUT2D eigenvalue weighted by molar-refractivity contribution is 0.315. The molecule has 3 nitrogen and oxygen atoms in total. The van der Waals surface area contributed by atoms with Crippen LogP contribution in [-0.2, 0) is 5.54 Å². The van der Waals surface area contributed by atoms with E-state index in [1.807, 2.05) is 6.20 Å². The number of aromatic nitrogens is 2. The number of nitrogens with one attached hydrogen (secondary N) is 1. The van der Waals surface area contributed by atoms with Crippen LogP contribution in [-0.4, -0.2) is 9.97 Å². The molecule has 1 fully saturated rings. The van der Waals surface area contributed by atoms with Gasteiger partial charge in [0.15, 0.2) is 0 Å². The van der Waals surface area contributed by atoms with Crippen molar-refractivity contribution in [3.8, 4) is 0 Å². The Labute approximate surface area is 85.1 Å². The van der Waals surface area contributed by atoms with E-state index in [2.05, 4.69) is 30.7 Å². The maximum absolute atomic E-state index is 6.45. The van der Waals surface area contributed by atoms with Gasteiger partial charge in [-0.05, 0) is 24.2 Å². The molecule has 3 N–H and O–H groups in total. The molecule has 0 aliphatic heterocycles. The van der Waals surface area contributed by atoms with Crippen LogP contribution in [0.2, 0.25) is 0 Å². The Morgan fingerprint density at radius 3 is 2.71 bits per heavy atom. The van der Waals surface area contributed by atoms with Crippen LogP contribution in [0.5, 0.6) is 0 Å². The predicted octanol–water partition coefficient (Wildman–Crippen LogP) is 2.02. The third-order valence-corrected chi connectivity index (χ3v) is 3.45. The Morgan fingerprint density at radius 1 is 1.57 bits per heavy atom. The van der Waals surface area contributed by atoms with Gasteiger partial charge in [0.2, 0.25) is 0 Å². The molecule has 1 aromatic rings. The zero-order valence-corrected chi connectivity index (χ0v) is 9.17. The van der Waals surface area contributed by atoms with Crippen LogP contribution >= 0.6 is 0 Å². The molecule has 0 bridgehead atoms. The number of nitrogens with two attached hydrogens (primary N) is 1. The van der Waals surface area contributed by atoms with Crippen molar-refractivity contribution >= 4 is 0 Å². The van der Waals surface area contributed by atoms with Crippen molar-refractivity contribution in [2.45, 2.75) is 39.2 Å². The molecule has 78 valence electrons. The van der Waals surface area contributed by atoms with Crippen molar-refractivity contribution in [1.82, 2.24) is 9.97 Å². The highest BCUT2D eigenvalue weighted by molar-refractivity contribution is 5.13. The van der Waals surface area contributed by atoms with Gasteiger partial charge in [0.1, 0.15) is 5.82 Å². The van der Waals surface area contributed by atoms with Gasteiger partial charge in [0.25, 0.3) is 0 Å². The predicted molar refractivity (Wildman–Crippen MR) is 56.6 cm³/mol. The first-order valence-corrected chi connectivity index (χ1v) is 5.23. The van der Waals surface area contributed by atoms with Crippen LogP contribution in [0.4, 0.5) is 0 Å². The van der Waals surface area contributed by atoms with Gasteiger partial charge in [-0.2, -0.15) is 0 Å².